The lowest BCUT2D eigenvalue weighted by Gasteiger charge is -2.13. The molecule has 0 N–H and O–H groups in total. The molecule has 0 saturated carbocycles. The summed E-state index contributed by atoms with van der Waals surface area (Å²) >= 11 is 11.7. The van der Waals surface area contributed by atoms with E-state index in [9.17, 15) is 0 Å². The zero-order chi connectivity index (χ0) is 10.6. The van der Waals surface area contributed by atoms with Crippen LogP contribution in [-0.2, 0) is 0 Å². The second kappa shape index (κ2) is 5.47. The Bertz CT molecular complexity index is 279. The van der Waals surface area contributed by atoms with E-state index in [2.05, 4.69) is 13.3 Å². The Kier molecular flexibility index (Phi) is 4.56. The minimum Gasteiger partial charge on any atom is -0.490 e. The fraction of sp³-hybridized carbons (Fsp3) is 0.364. The summed E-state index contributed by atoms with van der Waals surface area (Å²) in [6, 6.07) is 5.20. The highest BCUT2D eigenvalue weighted by molar-refractivity contribution is 6.34. The number of benzene rings is 1. The van der Waals surface area contributed by atoms with Crippen molar-refractivity contribution in [2.75, 3.05) is 0 Å². The van der Waals surface area contributed by atoms with E-state index >= 15 is 0 Å². The maximum Gasteiger partial charge on any atom is 0.122 e. The lowest BCUT2D eigenvalue weighted by atomic mass is 10.2. The highest BCUT2D eigenvalue weighted by Gasteiger charge is 2.04. The van der Waals surface area contributed by atoms with Crippen molar-refractivity contribution < 1.29 is 4.74 Å². The summed E-state index contributed by atoms with van der Waals surface area (Å²) in [6.45, 7) is 4.06. The van der Waals surface area contributed by atoms with Gasteiger partial charge in [0.15, 0.2) is 0 Å². The van der Waals surface area contributed by atoms with Crippen molar-refractivity contribution in [1.82, 2.24) is 0 Å². The molecule has 1 aromatic carbocycles. The van der Waals surface area contributed by atoms with Crippen LogP contribution in [0.3, 0.4) is 0 Å². The van der Waals surface area contributed by atoms with E-state index in [4.69, 9.17) is 27.9 Å². The van der Waals surface area contributed by atoms with Gasteiger partial charge in [0.2, 0.25) is 0 Å². The van der Waals surface area contributed by atoms with Gasteiger partial charge in [0.05, 0.1) is 6.10 Å². The smallest absolute Gasteiger partial charge is 0.122 e. The highest BCUT2D eigenvalue weighted by atomic mass is 35.5. The minimum absolute atomic E-state index is 0.0783. The van der Waals surface area contributed by atoms with Crippen molar-refractivity contribution in [2.45, 2.75) is 26.4 Å². The van der Waals surface area contributed by atoms with Gasteiger partial charge in [-0.1, -0.05) is 30.1 Å². The lowest BCUT2D eigenvalue weighted by molar-refractivity contribution is 0.250. The Labute approximate surface area is 95.0 Å². The Morgan fingerprint density at radius 3 is 2.36 bits per heavy atom. The van der Waals surface area contributed by atoms with Crippen molar-refractivity contribution >= 4 is 23.2 Å². The largest absolute Gasteiger partial charge is 0.490 e. The quantitative estimate of drug-likeness (QED) is 0.748. The van der Waals surface area contributed by atoms with E-state index in [0.29, 0.717) is 15.8 Å². The summed E-state index contributed by atoms with van der Waals surface area (Å²) in [5, 5.41) is 1.19. The Hall–Kier alpha value is -0.400. The average Bonchev–Trinajstić information content (AvgIpc) is 2.01. The molecule has 0 spiro atoms. The molecule has 1 aromatic rings. The van der Waals surface area contributed by atoms with Crippen molar-refractivity contribution in [3.63, 3.8) is 0 Å². The van der Waals surface area contributed by atoms with Crippen molar-refractivity contribution in [1.29, 1.82) is 0 Å². The molecule has 14 heavy (non-hydrogen) atoms. The molecule has 0 aliphatic rings. The molecular weight excluding hydrogens is 219 g/mol. The molecule has 1 rings (SSSR count). The van der Waals surface area contributed by atoms with Gasteiger partial charge in [-0.25, -0.2) is 0 Å². The molecule has 0 fully saturated rings. The Morgan fingerprint density at radius 1 is 1.29 bits per heavy atom. The Balaban J connectivity index is 2.66. The standard InChI is InChI=1S/C11H13Cl2O/c1-3-4-8(2)14-11-6-9(12)5-10(13)7-11/h4-8H,3H2,1-2H3. The number of hydrogen-bond acceptors (Lipinski definition) is 1. The zero-order valence-electron chi connectivity index (χ0n) is 8.26. The second-order valence-electron chi connectivity index (χ2n) is 3.07. The molecule has 3 heteroatoms. The van der Waals surface area contributed by atoms with E-state index in [1.54, 1.807) is 18.2 Å². The van der Waals surface area contributed by atoms with Gasteiger partial charge in [0, 0.05) is 16.5 Å². The van der Waals surface area contributed by atoms with Gasteiger partial charge < -0.3 is 4.74 Å². The molecule has 0 amide bonds. The number of ether oxygens (including phenoxy) is 1. The average molecular weight is 232 g/mol. The van der Waals surface area contributed by atoms with Crippen molar-refractivity contribution in [2.24, 2.45) is 0 Å². The van der Waals surface area contributed by atoms with E-state index in [1.165, 1.54) is 0 Å². The van der Waals surface area contributed by atoms with Crippen molar-refractivity contribution in [3.05, 3.63) is 34.7 Å². The van der Waals surface area contributed by atoms with Crippen LogP contribution in [0, 0.1) is 6.42 Å². The van der Waals surface area contributed by atoms with Gasteiger partial charge in [0.1, 0.15) is 5.75 Å². The van der Waals surface area contributed by atoms with Crippen LogP contribution in [0.4, 0.5) is 0 Å². The third-order valence-electron chi connectivity index (χ3n) is 1.73. The first-order valence-corrected chi connectivity index (χ1v) is 5.33. The fourth-order valence-corrected chi connectivity index (χ4v) is 1.70. The number of hydrogen-bond donors (Lipinski definition) is 0. The van der Waals surface area contributed by atoms with Gasteiger partial charge in [-0.05, 0) is 31.5 Å². The summed E-state index contributed by atoms with van der Waals surface area (Å²) in [4.78, 5) is 0. The molecule has 0 aliphatic heterocycles. The van der Waals surface area contributed by atoms with Crippen LogP contribution in [0.5, 0.6) is 5.75 Å². The number of rotatable bonds is 4. The Morgan fingerprint density at radius 2 is 1.86 bits per heavy atom. The predicted octanol–water partition coefficient (Wildman–Crippen LogP) is 4.37. The summed E-state index contributed by atoms with van der Waals surface area (Å²) < 4.78 is 5.59. The first kappa shape index (κ1) is 11.7. The topological polar surface area (TPSA) is 9.23 Å². The second-order valence-corrected chi connectivity index (χ2v) is 3.94. The van der Waals surface area contributed by atoms with E-state index in [0.717, 1.165) is 6.42 Å². The summed E-state index contributed by atoms with van der Waals surface area (Å²) in [6.07, 6.45) is 3.14. The zero-order valence-corrected chi connectivity index (χ0v) is 9.77. The summed E-state index contributed by atoms with van der Waals surface area (Å²) in [5.41, 5.74) is 0. The van der Waals surface area contributed by atoms with Gasteiger partial charge in [-0.15, -0.1) is 0 Å². The molecule has 77 valence electrons. The maximum absolute atomic E-state index is 5.84. The molecule has 0 aliphatic carbocycles. The fourth-order valence-electron chi connectivity index (χ4n) is 1.19. The normalized spacial score (nSPS) is 12.6. The van der Waals surface area contributed by atoms with Crippen LogP contribution in [0.1, 0.15) is 20.3 Å². The van der Waals surface area contributed by atoms with Gasteiger partial charge in [-0.2, -0.15) is 0 Å². The summed E-state index contributed by atoms with van der Waals surface area (Å²) in [5.74, 6) is 0.708. The molecule has 0 bridgehead atoms. The molecule has 1 atom stereocenters. The maximum atomic E-state index is 5.84. The molecule has 1 nitrogen and oxygen atoms in total. The van der Waals surface area contributed by atoms with Gasteiger partial charge >= 0.3 is 0 Å². The molecule has 1 unspecified atom stereocenters. The highest BCUT2D eigenvalue weighted by Crippen LogP contribution is 2.25. The lowest BCUT2D eigenvalue weighted by Crippen LogP contribution is -2.11. The van der Waals surface area contributed by atoms with Crippen LogP contribution >= 0.6 is 23.2 Å². The van der Waals surface area contributed by atoms with E-state index < -0.39 is 0 Å². The summed E-state index contributed by atoms with van der Waals surface area (Å²) in [7, 11) is 0. The SMILES string of the molecule is CC[CH]C(C)Oc1cc(Cl)cc(Cl)c1. The minimum atomic E-state index is 0.0783. The van der Waals surface area contributed by atoms with E-state index in [1.807, 2.05) is 6.92 Å². The molecule has 0 saturated heterocycles. The van der Waals surface area contributed by atoms with Crippen LogP contribution < -0.4 is 4.74 Å². The van der Waals surface area contributed by atoms with Crippen LogP contribution in [-0.4, -0.2) is 6.10 Å². The predicted molar refractivity (Wildman–Crippen MR) is 61.1 cm³/mol. The molecule has 1 radical (unpaired) electrons. The molecular formula is C11H13Cl2O. The van der Waals surface area contributed by atoms with Gasteiger partial charge in [-0.3, -0.25) is 0 Å². The van der Waals surface area contributed by atoms with Crippen molar-refractivity contribution in [3.8, 4) is 5.75 Å². The third kappa shape index (κ3) is 3.77. The molecule has 0 heterocycles. The van der Waals surface area contributed by atoms with Crippen LogP contribution in [0.15, 0.2) is 18.2 Å². The van der Waals surface area contributed by atoms with Crippen LogP contribution in [0.2, 0.25) is 10.0 Å². The van der Waals surface area contributed by atoms with E-state index in [-0.39, 0.29) is 6.10 Å². The monoisotopic (exact) mass is 231 g/mol. The van der Waals surface area contributed by atoms with Crippen LogP contribution in [0.25, 0.3) is 0 Å². The third-order valence-corrected chi connectivity index (χ3v) is 2.16. The first-order valence-electron chi connectivity index (χ1n) is 4.58. The first-order chi connectivity index (χ1) is 6.61. The number of halogens is 2. The van der Waals surface area contributed by atoms with Gasteiger partial charge in [0.25, 0.3) is 0 Å². The molecule has 0 aromatic heterocycles.